The van der Waals surface area contributed by atoms with Crippen molar-refractivity contribution in [3.8, 4) is 5.40 Å². The average molecular weight is 261 g/mol. The molecule has 2 rings (SSSR count). The molecule has 1 saturated carbocycles. The highest BCUT2D eigenvalue weighted by molar-refractivity contribution is 8.03. The van der Waals surface area contributed by atoms with Crippen LogP contribution in [-0.2, 0) is 0 Å². The highest BCUT2D eigenvalue weighted by atomic mass is 32.2. The number of rotatable bonds is 3. The Morgan fingerprint density at radius 1 is 1.28 bits per heavy atom. The van der Waals surface area contributed by atoms with E-state index >= 15 is 0 Å². The monoisotopic (exact) mass is 261 g/mol. The molecule has 94 valence electrons. The summed E-state index contributed by atoms with van der Waals surface area (Å²) in [6, 6.07) is 7.40. The Hall–Kier alpha value is -1.67. The second kappa shape index (κ2) is 6.31. The first-order valence-corrected chi connectivity index (χ1v) is 6.83. The Balaban J connectivity index is 1.84. The molecule has 0 spiro atoms. The molecule has 1 aromatic carbocycles. The summed E-state index contributed by atoms with van der Waals surface area (Å²) >= 11 is 1.11. The summed E-state index contributed by atoms with van der Waals surface area (Å²) in [7, 11) is 0. The molecule has 1 fully saturated rings. The van der Waals surface area contributed by atoms with Gasteiger partial charge in [-0.2, -0.15) is 5.26 Å². The molecule has 0 radical (unpaired) electrons. The molecule has 18 heavy (non-hydrogen) atoms. The van der Waals surface area contributed by atoms with E-state index in [9.17, 15) is 4.79 Å². The number of nitrogens with zero attached hydrogens (tertiary/aromatic N) is 1. The van der Waals surface area contributed by atoms with Crippen LogP contribution in [0.4, 0.5) is 10.5 Å². The largest absolute Gasteiger partial charge is 0.335 e. The Labute approximate surface area is 111 Å². The lowest BCUT2D eigenvalue weighted by atomic mass is 10.2. The molecule has 1 aliphatic carbocycles. The first-order chi connectivity index (χ1) is 8.78. The molecule has 0 bridgehead atoms. The fourth-order valence-electron chi connectivity index (χ4n) is 2.08. The van der Waals surface area contributed by atoms with Gasteiger partial charge in [0.15, 0.2) is 0 Å². The molecule has 0 heterocycles. The van der Waals surface area contributed by atoms with E-state index in [1.807, 2.05) is 17.5 Å². The number of nitriles is 1. The zero-order valence-electron chi connectivity index (χ0n) is 9.98. The zero-order valence-corrected chi connectivity index (χ0v) is 10.8. The van der Waals surface area contributed by atoms with E-state index in [0.717, 1.165) is 35.2 Å². The fourth-order valence-corrected chi connectivity index (χ4v) is 2.46. The Morgan fingerprint density at radius 3 is 2.56 bits per heavy atom. The van der Waals surface area contributed by atoms with Crippen LogP contribution in [0.25, 0.3) is 0 Å². The topological polar surface area (TPSA) is 64.9 Å². The molecule has 0 atom stereocenters. The molecule has 1 aromatic rings. The quantitative estimate of drug-likeness (QED) is 0.648. The number of carbonyl (C=O) groups is 1. The van der Waals surface area contributed by atoms with Crippen LogP contribution in [-0.4, -0.2) is 12.1 Å². The van der Waals surface area contributed by atoms with Crippen molar-refractivity contribution in [1.29, 1.82) is 5.26 Å². The molecule has 5 heteroatoms. The first-order valence-electron chi connectivity index (χ1n) is 6.01. The number of benzene rings is 1. The lowest BCUT2D eigenvalue weighted by Crippen LogP contribution is -2.36. The number of hydrogen-bond acceptors (Lipinski definition) is 3. The number of hydrogen-bond donors (Lipinski definition) is 2. The maximum Gasteiger partial charge on any atom is 0.319 e. The Bertz CT molecular complexity index is 446. The van der Waals surface area contributed by atoms with E-state index in [1.54, 1.807) is 12.1 Å². The summed E-state index contributed by atoms with van der Waals surface area (Å²) in [5, 5.41) is 16.3. The minimum absolute atomic E-state index is 0.150. The van der Waals surface area contributed by atoms with Gasteiger partial charge in [-0.25, -0.2) is 4.79 Å². The molecule has 4 nitrogen and oxygen atoms in total. The van der Waals surface area contributed by atoms with Crippen LogP contribution in [0.5, 0.6) is 0 Å². The van der Waals surface area contributed by atoms with Crippen LogP contribution in [0.1, 0.15) is 25.7 Å². The van der Waals surface area contributed by atoms with E-state index in [2.05, 4.69) is 10.6 Å². The second-order valence-electron chi connectivity index (χ2n) is 4.30. The standard InChI is InChI=1S/C13H15N3OS/c14-9-18-12-7-5-11(6-8-12)16-13(17)15-10-3-1-2-4-10/h5-8,10H,1-4H2,(H2,15,16,17). The Morgan fingerprint density at radius 2 is 1.94 bits per heavy atom. The third kappa shape index (κ3) is 3.67. The average Bonchev–Trinajstić information content (AvgIpc) is 2.84. The third-order valence-corrected chi connectivity index (χ3v) is 3.57. The summed E-state index contributed by atoms with van der Waals surface area (Å²) in [6.07, 6.45) is 4.55. The van der Waals surface area contributed by atoms with Crippen LogP contribution in [0.15, 0.2) is 29.2 Å². The number of urea groups is 1. The molecular formula is C13H15N3OS. The predicted octanol–water partition coefficient (Wildman–Crippen LogP) is 3.32. The van der Waals surface area contributed by atoms with Gasteiger partial charge in [-0.15, -0.1) is 0 Å². The van der Waals surface area contributed by atoms with Crippen molar-refractivity contribution in [2.24, 2.45) is 0 Å². The van der Waals surface area contributed by atoms with Gasteiger partial charge < -0.3 is 10.6 Å². The van der Waals surface area contributed by atoms with Gasteiger partial charge in [0.05, 0.1) is 0 Å². The molecule has 0 saturated heterocycles. The van der Waals surface area contributed by atoms with Crippen molar-refractivity contribution in [1.82, 2.24) is 5.32 Å². The smallest absolute Gasteiger partial charge is 0.319 e. The highest BCUT2D eigenvalue weighted by Gasteiger charge is 2.16. The van der Waals surface area contributed by atoms with Crippen LogP contribution in [0, 0.1) is 10.7 Å². The van der Waals surface area contributed by atoms with E-state index < -0.39 is 0 Å². The van der Waals surface area contributed by atoms with Crippen LogP contribution in [0.2, 0.25) is 0 Å². The number of thioether (sulfide) groups is 1. The van der Waals surface area contributed by atoms with Gasteiger partial charge in [0, 0.05) is 16.6 Å². The van der Waals surface area contributed by atoms with Gasteiger partial charge in [-0.05, 0) is 48.9 Å². The van der Waals surface area contributed by atoms with Gasteiger partial charge in [-0.1, -0.05) is 12.8 Å². The van der Waals surface area contributed by atoms with Crippen molar-refractivity contribution in [2.45, 2.75) is 36.6 Å². The van der Waals surface area contributed by atoms with E-state index in [-0.39, 0.29) is 6.03 Å². The summed E-state index contributed by atoms with van der Waals surface area (Å²) in [6.45, 7) is 0. The summed E-state index contributed by atoms with van der Waals surface area (Å²) < 4.78 is 0. The van der Waals surface area contributed by atoms with Crippen LogP contribution in [0.3, 0.4) is 0 Å². The molecule has 0 unspecified atom stereocenters. The molecule has 2 amide bonds. The minimum atomic E-state index is -0.150. The number of amides is 2. The number of anilines is 1. The lowest BCUT2D eigenvalue weighted by Gasteiger charge is -2.12. The fraction of sp³-hybridized carbons (Fsp3) is 0.385. The molecule has 0 aromatic heterocycles. The van der Waals surface area contributed by atoms with E-state index in [4.69, 9.17) is 5.26 Å². The number of carbonyl (C=O) groups excluding carboxylic acids is 1. The van der Waals surface area contributed by atoms with Gasteiger partial charge in [0.1, 0.15) is 5.40 Å². The molecule has 2 N–H and O–H groups in total. The van der Waals surface area contributed by atoms with Gasteiger partial charge in [-0.3, -0.25) is 0 Å². The van der Waals surface area contributed by atoms with Crippen molar-refractivity contribution in [3.05, 3.63) is 24.3 Å². The normalized spacial score (nSPS) is 15.1. The number of nitrogens with one attached hydrogen (secondary N) is 2. The van der Waals surface area contributed by atoms with Crippen LogP contribution < -0.4 is 10.6 Å². The molecule has 1 aliphatic rings. The maximum absolute atomic E-state index is 11.7. The maximum atomic E-state index is 11.7. The first kappa shape index (κ1) is 12.8. The predicted molar refractivity (Wildman–Crippen MR) is 72.3 cm³/mol. The minimum Gasteiger partial charge on any atom is -0.335 e. The van der Waals surface area contributed by atoms with Crippen molar-refractivity contribution in [2.75, 3.05) is 5.32 Å². The highest BCUT2D eigenvalue weighted by Crippen LogP contribution is 2.20. The van der Waals surface area contributed by atoms with Crippen LogP contribution >= 0.6 is 11.8 Å². The lowest BCUT2D eigenvalue weighted by molar-refractivity contribution is 0.248. The van der Waals surface area contributed by atoms with Crippen molar-refractivity contribution < 1.29 is 4.79 Å². The number of thiocyanates is 1. The van der Waals surface area contributed by atoms with E-state index in [0.29, 0.717) is 6.04 Å². The van der Waals surface area contributed by atoms with E-state index in [1.165, 1.54) is 12.8 Å². The Kier molecular flexibility index (Phi) is 4.48. The van der Waals surface area contributed by atoms with Gasteiger partial charge in [0.25, 0.3) is 0 Å². The zero-order chi connectivity index (χ0) is 12.8. The molecule has 0 aliphatic heterocycles. The third-order valence-electron chi connectivity index (χ3n) is 2.97. The second-order valence-corrected chi connectivity index (χ2v) is 5.16. The molecular weight excluding hydrogens is 246 g/mol. The summed E-state index contributed by atoms with van der Waals surface area (Å²) in [4.78, 5) is 12.6. The van der Waals surface area contributed by atoms with Gasteiger partial charge >= 0.3 is 6.03 Å². The van der Waals surface area contributed by atoms with Gasteiger partial charge in [0.2, 0.25) is 0 Å². The summed E-state index contributed by atoms with van der Waals surface area (Å²) in [5.41, 5.74) is 0.743. The summed E-state index contributed by atoms with van der Waals surface area (Å²) in [5.74, 6) is 0. The SMILES string of the molecule is N#CSc1ccc(NC(=O)NC2CCCC2)cc1. The van der Waals surface area contributed by atoms with Crippen molar-refractivity contribution >= 4 is 23.5 Å². The van der Waals surface area contributed by atoms with Crippen molar-refractivity contribution in [3.63, 3.8) is 0 Å².